The zero-order chi connectivity index (χ0) is 27.7. The summed E-state index contributed by atoms with van der Waals surface area (Å²) in [6, 6.07) is 10.1. The average Bonchev–Trinajstić information content (AvgIpc) is 3.44. The van der Waals surface area contributed by atoms with Gasteiger partial charge in [0.15, 0.2) is 11.5 Å². The molecular formula is C30H42N2O4S2. The van der Waals surface area contributed by atoms with Gasteiger partial charge in [0.1, 0.15) is 23.5 Å². The number of phenolic OH excluding ortho intramolecular Hbond substituents is 1. The molecule has 2 aliphatic heterocycles. The van der Waals surface area contributed by atoms with Gasteiger partial charge in [0.05, 0.1) is 4.99 Å². The third kappa shape index (κ3) is 6.69. The van der Waals surface area contributed by atoms with Gasteiger partial charge in [-0.1, -0.05) is 53.8 Å². The number of rotatable bonds is 9. The number of aromatic hydroxyl groups is 1. The van der Waals surface area contributed by atoms with Crippen LogP contribution in [0.15, 0.2) is 30.3 Å². The van der Waals surface area contributed by atoms with Gasteiger partial charge in [-0.15, -0.1) is 11.8 Å². The highest BCUT2D eigenvalue weighted by Gasteiger charge is 2.33. The van der Waals surface area contributed by atoms with Crippen molar-refractivity contribution in [3.05, 3.63) is 47.0 Å². The van der Waals surface area contributed by atoms with Gasteiger partial charge in [-0.2, -0.15) is 0 Å². The summed E-state index contributed by atoms with van der Waals surface area (Å²) >= 11 is 7.68. The molecule has 2 aliphatic rings. The van der Waals surface area contributed by atoms with Crippen molar-refractivity contribution in [3.8, 4) is 23.0 Å². The van der Waals surface area contributed by atoms with Gasteiger partial charge in [-0.25, -0.2) is 0 Å². The van der Waals surface area contributed by atoms with Gasteiger partial charge in [0.25, 0.3) is 0 Å². The smallest absolute Gasteiger partial charge is 0.231 e. The van der Waals surface area contributed by atoms with Crippen LogP contribution in [0.5, 0.6) is 23.0 Å². The summed E-state index contributed by atoms with van der Waals surface area (Å²) < 4.78 is 16.7. The molecule has 6 nitrogen and oxygen atoms in total. The molecule has 0 amide bonds. The van der Waals surface area contributed by atoms with Crippen LogP contribution < -0.4 is 14.2 Å². The Morgan fingerprint density at radius 1 is 1.03 bits per heavy atom. The van der Waals surface area contributed by atoms with E-state index in [1.807, 2.05) is 30.0 Å². The molecule has 0 aromatic heterocycles. The Labute approximate surface area is 237 Å². The first-order chi connectivity index (χ1) is 17.8. The fraction of sp³-hybridized carbons (Fsp3) is 0.567. The number of phenols is 1. The van der Waals surface area contributed by atoms with E-state index in [-0.39, 0.29) is 23.0 Å². The summed E-state index contributed by atoms with van der Waals surface area (Å²) in [7, 11) is 2.13. The largest absolute Gasteiger partial charge is 0.507 e. The topological polar surface area (TPSA) is 54.4 Å². The minimum absolute atomic E-state index is 0.153. The van der Waals surface area contributed by atoms with Gasteiger partial charge >= 0.3 is 0 Å². The monoisotopic (exact) mass is 558 g/mol. The van der Waals surface area contributed by atoms with Gasteiger partial charge < -0.3 is 29.1 Å². The van der Waals surface area contributed by atoms with Crippen LogP contribution in [0.1, 0.15) is 70.0 Å². The highest BCUT2D eigenvalue weighted by molar-refractivity contribution is 8.02. The number of hydrogen-bond donors (Lipinski definition) is 1. The maximum Gasteiger partial charge on any atom is 0.231 e. The highest BCUT2D eigenvalue weighted by atomic mass is 32.2. The molecule has 1 atom stereocenters. The Kier molecular flexibility index (Phi) is 8.75. The Hall–Kier alpha value is -2.16. The number of thioether (sulfide) groups is 1. The fourth-order valence-electron chi connectivity index (χ4n) is 4.82. The summed E-state index contributed by atoms with van der Waals surface area (Å²) in [5.41, 5.74) is 2.93. The molecule has 1 unspecified atom stereocenters. The van der Waals surface area contributed by atoms with Crippen molar-refractivity contribution in [3.63, 3.8) is 0 Å². The summed E-state index contributed by atoms with van der Waals surface area (Å²) in [5, 5.41) is 11.3. The first-order valence-corrected chi connectivity index (χ1v) is 14.8. The lowest BCUT2D eigenvalue weighted by atomic mass is 9.78. The highest BCUT2D eigenvalue weighted by Crippen LogP contribution is 2.46. The molecule has 2 heterocycles. The van der Waals surface area contributed by atoms with E-state index in [1.165, 1.54) is 5.56 Å². The number of fused-ring (bicyclic) bond motifs is 1. The van der Waals surface area contributed by atoms with E-state index in [4.69, 9.17) is 26.4 Å². The van der Waals surface area contributed by atoms with Crippen LogP contribution in [0.2, 0.25) is 0 Å². The first kappa shape index (κ1) is 28.8. The number of benzene rings is 2. The molecule has 0 saturated carbocycles. The zero-order valence-electron chi connectivity index (χ0n) is 23.8. The molecule has 4 rings (SSSR count). The molecule has 208 valence electrons. The van der Waals surface area contributed by atoms with Crippen LogP contribution in [0.25, 0.3) is 0 Å². The summed E-state index contributed by atoms with van der Waals surface area (Å²) in [6.07, 6.45) is 1.01. The Morgan fingerprint density at radius 2 is 1.68 bits per heavy atom. The molecule has 0 aliphatic carbocycles. The Morgan fingerprint density at radius 3 is 2.34 bits per heavy atom. The van der Waals surface area contributed by atoms with Gasteiger partial charge in [-0.3, -0.25) is 0 Å². The Bertz CT molecular complexity index is 1120. The molecular weight excluding hydrogens is 516 g/mol. The Balaban J connectivity index is 1.35. The van der Waals surface area contributed by atoms with Crippen LogP contribution in [-0.2, 0) is 10.8 Å². The average molecular weight is 559 g/mol. The minimum Gasteiger partial charge on any atom is -0.507 e. The van der Waals surface area contributed by atoms with Crippen LogP contribution in [0.4, 0.5) is 0 Å². The van der Waals surface area contributed by atoms with E-state index in [9.17, 15) is 5.11 Å². The van der Waals surface area contributed by atoms with E-state index in [2.05, 4.69) is 70.5 Å². The molecule has 0 radical (unpaired) electrons. The van der Waals surface area contributed by atoms with Gasteiger partial charge in [-0.05, 0) is 71.8 Å². The minimum atomic E-state index is -0.153. The van der Waals surface area contributed by atoms with Gasteiger partial charge in [0.2, 0.25) is 6.79 Å². The SMILES string of the molecule is CN(CCCN1C(=S)CSC1c1cc(C(C)(C)C)c(O)c(C(C)(C)C)c1)CCOc1ccc2c(c1)OCO2. The maximum absolute atomic E-state index is 11.2. The lowest BCUT2D eigenvalue weighted by Crippen LogP contribution is -2.32. The van der Waals surface area contributed by atoms with E-state index in [0.29, 0.717) is 12.4 Å². The van der Waals surface area contributed by atoms with E-state index in [1.54, 1.807) is 0 Å². The molecule has 38 heavy (non-hydrogen) atoms. The number of ether oxygens (including phenoxy) is 3. The van der Waals surface area contributed by atoms with E-state index in [0.717, 1.165) is 65.2 Å². The van der Waals surface area contributed by atoms with E-state index >= 15 is 0 Å². The lowest BCUT2D eigenvalue weighted by molar-refractivity contribution is 0.173. The molecule has 1 fully saturated rings. The summed E-state index contributed by atoms with van der Waals surface area (Å²) in [6.45, 7) is 16.5. The molecule has 1 N–H and O–H groups in total. The van der Waals surface area contributed by atoms with Crippen molar-refractivity contribution in [2.75, 3.05) is 45.8 Å². The predicted octanol–water partition coefficient (Wildman–Crippen LogP) is 6.49. The lowest BCUT2D eigenvalue weighted by Gasteiger charge is -2.32. The van der Waals surface area contributed by atoms with Crippen molar-refractivity contribution >= 4 is 29.0 Å². The normalized spacial score (nSPS) is 17.5. The first-order valence-electron chi connectivity index (χ1n) is 13.3. The predicted molar refractivity (Wildman–Crippen MR) is 160 cm³/mol. The third-order valence-corrected chi connectivity index (χ3v) is 8.87. The van der Waals surface area contributed by atoms with Crippen molar-refractivity contribution < 1.29 is 19.3 Å². The molecule has 0 spiro atoms. The van der Waals surface area contributed by atoms with Crippen LogP contribution in [-0.4, -0.2) is 65.7 Å². The summed E-state index contributed by atoms with van der Waals surface area (Å²) in [5.74, 6) is 3.58. The van der Waals surface area contributed by atoms with Crippen molar-refractivity contribution in [1.82, 2.24) is 9.80 Å². The standard InChI is InChI=1S/C30H42N2O4S2/c1-29(2,3)22-15-20(16-23(27(22)33)30(4,5)6)28-32(26(37)18-38-28)12-8-11-31(7)13-14-34-21-9-10-24-25(17-21)36-19-35-24/h9-10,15-17,28,33H,8,11-14,18-19H2,1-7H3. The van der Waals surface area contributed by atoms with Crippen molar-refractivity contribution in [2.45, 2.75) is 64.2 Å². The molecule has 1 saturated heterocycles. The fourth-order valence-corrected chi connectivity index (χ4v) is 6.50. The number of likely N-dealkylation sites (N-methyl/N-ethyl adjacent to an activating group) is 1. The number of hydrogen-bond acceptors (Lipinski definition) is 7. The van der Waals surface area contributed by atoms with Crippen LogP contribution >= 0.6 is 24.0 Å². The van der Waals surface area contributed by atoms with E-state index < -0.39 is 0 Å². The van der Waals surface area contributed by atoms with Crippen LogP contribution in [0, 0.1) is 0 Å². The van der Waals surface area contributed by atoms with Gasteiger partial charge in [0, 0.05) is 24.9 Å². The van der Waals surface area contributed by atoms with Crippen molar-refractivity contribution in [1.29, 1.82) is 0 Å². The maximum atomic E-state index is 11.2. The molecule has 8 heteroatoms. The molecule has 2 aromatic carbocycles. The third-order valence-electron chi connectivity index (χ3n) is 7.03. The zero-order valence-corrected chi connectivity index (χ0v) is 25.4. The second-order valence-electron chi connectivity index (χ2n) is 12.2. The van der Waals surface area contributed by atoms with Crippen molar-refractivity contribution in [2.24, 2.45) is 0 Å². The second-order valence-corrected chi connectivity index (χ2v) is 13.8. The van der Waals surface area contributed by atoms with Crippen LogP contribution in [0.3, 0.4) is 0 Å². The quantitative estimate of drug-likeness (QED) is 0.351. The summed E-state index contributed by atoms with van der Waals surface area (Å²) in [4.78, 5) is 5.68. The second kappa shape index (κ2) is 11.5. The number of nitrogens with zero attached hydrogens (tertiary/aromatic N) is 2. The molecule has 2 aromatic rings. The molecule has 0 bridgehead atoms. The number of thiocarbonyl (C=S) groups is 1.